The zero-order valence-electron chi connectivity index (χ0n) is 11.9. The number of oxime groups is 1. The van der Waals surface area contributed by atoms with Crippen LogP contribution in [0, 0.1) is 0 Å². The van der Waals surface area contributed by atoms with E-state index in [0.717, 1.165) is 0 Å². The number of nitrogens with zero attached hydrogens (tertiary/aromatic N) is 3. The quantitative estimate of drug-likeness (QED) is 0.310. The first-order valence-corrected chi connectivity index (χ1v) is 6.50. The van der Waals surface area contributed by atoms with E-state index in [1.165, 1.54) is 0 Å². The molecule has 1 unspecified atom stereocenters. The second-order valence-corrected chi connectivity index (χ2v) is 4.95. The van der Waals surface area contributed by atoms with Gasteiger partial charge in [0.05, 0.1) is 6.54 Å². The highest BCUT2D eigenvalue weighted by Crippen LogP contribution is 2.18. The van der Waals surface area contributed by atoms with E-state index in [-0.39, 0.29) is 11.7 Å². The first-order valence-electron chi connectivity index (χ1n) is 6.50. The number of piperazine rings is 1. The number of hydrogen-bond acceptors (Lipinski definition) is 5. The summed E-state index contributed by atoms with van der Waals surface area (Å²) in [4.78, 5) is 16.2. The number of nitrogens with two attached hydrogens (primary N) is 1. The van der Waals surface area contributed by atoms with Crippen LogP contribution in [0.25, 0.3) is 0 Å². The Kier molecular flexibility index (Phi) is 5.56. The van der Waals surface area contributed by atoms with Gasteiger partial charge in [-0.3, -0.25) is 9.69 Å². The van der Waals surface area contributed by atoms with E-state index in [4.69, 9.17) is 15.7 Å². The lowest BCUT2D eigenvalue weighted by molar-refractivity contribution is -0.155. The van der Waals surface area contributed by atoms with Crippen molar-refractivity contribution in [1.29, 1.82) is 0 Å². The number of ether oxygens (including phenoxy) is 1. The number of amides is 1. The minimum Gasteiger partial charge on any atom is -0.409 e. The third-order valence-corrected chi connectivity index (χ3v) is 3.75. The van der Waals surface area contributed by atoms with Gasteiger partial charge in [0.15, 0.2) is 5.84 Å². The van der Waals surface area contributed by atoms with Gasteiger partial charge in [0, 0.05) is 33.3 Å². The molecule has 110 valence electrons. The van der Waals surface area contributed by atoms with Crippen molar-refractivity contribution < 1.29 is 14.7 Å². The van der Waals surface area contributed by atoms with Crippen LogP contribution in [0.5, 0.6) is 0 Å². The van der Waals surface area contributed by atoms with Gasteiger partial charge in [-0.2, -0.15) is 0 Å². The summed E-state index contributed by atoms with van der Waals surface area (Å²) >= 11 is 0. The normalized spacial score (nSPS) is 21.2. The summed E-state index contributed by atoms with van der Waals surface area (Å²) < 4.78 is 5.33. The molecular formula is C12H24N4O3. The van der Waals surface area contributed by atoms with Crippen LogP contribution in [0.3, 0.4) is 0 Å². The first kappa shape index (κ1) is 15.7. The predicted molar refractivity (Wildman–Crippen MR) is 72.1 cm³/mol. The number of carbonyl (C=O) groups is 1. The van der Waals surface area contributed by atoms with Crippen molar-refractivity contribution in [3.63, 3.8) is 0 Å². The zero-order valence-corrected chi connectivity index (χ0v) is 11.9. The summed E-state index contributed by atoms with van der Waals surface area (Å²) in [6.07, 6.45) is 0.646. The van der Waals surface area contributed by atoms with Gasteiger partial charge in [-0.1, -0.05) is 12.1 Å². The standard InChI is InChI=1S/C12H24N4O3/c1-4-12(2,19-3)11(17)16-7-5-15(6-8-16)9-10(13)14-18/h18H,4-9H2,1-3H3,(H2,13,14). The van der Waals surface area contributed by atoms with Gasteiger partial charge < -0.3 is 20.6 Å². The highest BCUT2D eigenvalue weighted by molar-refractivity contribution is 5.85. The molecule has 1 saturated heterocycles. The molecule has 1 rings (SSSR count). The van der Waals surface area contributed by atoms with E-state index in [0.29, 0.717) is 39.1 Å². The number of carbonyl (C=O) groups excluding carboxylic acids is 1. The molecule has 0 aromatic carbocycles. The van der Waals surface area contributed by atoms with Crippen LogP contribution in [-0.2, 0) is 9.53 Å². The molecule has 0 aromatic rings. The van der Waals surface area contributed by atoms with Crippen LogP contribution in [0.2, 0.25) is 0 Å². The SMILES string of the molecule is CCC(C)(OC)C(=O)N1CCN(CC(N)=NO)CC1. The molecule has 0 radical (unpaired) electrons. The van der Waals surface area contributed by atoms with E-state index in [1.54, 1.807) is 7.11 Å². The molecule has 1 aliphatic heterocycles. The topological polar surface area (TPSA) is 91.4 Å². The third-order valence-electron chi connectivity index (χ3n) is 3.75. The van der Waals surface area contributed by atoms with Crippen LogP contribution < -0.4 is 5.73 Å². The molecule has 7 heteroatoms. The predicted octanol–water partition coefficient (Wildman–Crippen LogP) is -0.308. The van der Waals surface area contributed by atoms with Crippen LogP contribution in [0.4, 0.5) is 0 Å². The highest BCUT2D eigenvalue weighted by Gasteiger charge is 2.36. The van der Waals surface area contributed by atoms with E-state index in [1.807, 2.05) is 18.7 Å². The van der Waals surface area contributed by atoms with Crippen molar-refractivity contribution in [2.75, 3.05) is 39.8 Å². The van der Waals surface area contributed by atoms with Gasteiger partial charge in [0.2, 0.25) is 0 Å². The Balaban J connectivity index is 2.52. The summed E-state index contributed by atoms with van der Waals surface area (Å²) in [6, 6.07) is 0. The first-order chi connectivity index (χ1) is 8.96. The van der Waals surface area contributed by atoms with E-state index in [9.17, 15) is 4.79 Å². The van der Waals surface area contributed by atoms with Crippen molar-refractivity contribution in [2.45, 2.75) is 25.9 Å². The Morgan fingerprint density at radius 3 is 2.42 bits per heavy atom. The molecule has 0 saturated carbocycles. The van der Waals surface area contributed by atoms with E-state index >= 15 is 0 Å². The van der Waals surface area contributed by atoms with Crippen molar-refractivity contribution in [1.82, 2.24) is 9.80 Å². The Labute approximate surface area is 114 Å². The van der Waals surface area contributed by atoms with Gasteiger partial charge in [-0.25, -0.2) is 0 Å². The molecule has 0 aromatic heterocycles. The molecule has 0 bridgehead atoms. The van der Waals surface area contributed by atoms with Crippen LogP contribution in [0.1, 0.15) is 20.3 Å². The van der Waals surface area contributed by atoms with Crippen LogP contribution >= 0.6 is 0 Å². The van der Waals surface area contributed by atoms with Crippen molar-refractivity contribution in [3.05, 3.63) is 0 Å². The maximum Gasteiger partial charge on any atom is 0.254 e. The largest absolute Gasteiger partial charge is 0.409 e. The zero-order chi connectivity index (χ0) is 14.5. The summed E-state index contributed by atoms with van der Waals surface area (Å²) in [7, 11) is 1.57. The van der Waals surface area contributed by atoms with E-state index in [2.05, 4.69) is 10.1 Å². The number of rotatable bonds is 5. The number of methoxy groups -OCH3 is 1. The van der Waals surface area contributed by atoms with Gasteiger partial charge in [0.1, 0.15) is 5.60 Å². The maximum absolute atomic E-state index is 12.4. The second kappa shape index (κ2) is 6.72. The highest BCUT2D eigenvalue weighted by atomic mass is 16.5. The Morgan fingerprint density at radius 2 is 2.00 bits per heavy atom. The van der Waals surface area contributed by atoms with Gasteiger partial charge in [-0.05, 0) is 13.3 Å². The second-order valence-electron chi connectivity index (χ2n) is 4.95. The monoisotopic (exact) mass is 272 g/mol. The van der Waals surface area contributed by atoms with Crippen molar-refractivity contribution in [2.24, 2.45) is 10.9 Å². The number of hydrogen-bond donors (Lipinski definition) is 2. The summed E-state index contributed by atoms with van der Waals surface area (Å²) in [5.74, 6) is 0.219. The van der Waals surface area contributed by atoms with Crippen LogP contribution in [-0.4, -0.2) is 72.2 Å². The molecule has 7 nitrogen and oxygen atoms in total. The molecule has 1 aliphatic rings. The molecule has 1 atom stereocenters. The van der Waals surface area contributed by atoms with Crippen molar-refractivity contribution in [3.8, 4) is 0 Å². The minimum atomic E-state index is -0.742. The minimum absolute atomic E-state index is 0.0287. The smallest absolute Gasteiger partial charge is 0.254 e. The molecule has 3 N–H and O–H groups in total. The Hall–Kier alpha value is -1.34. The maximum atomic E-state index is 12.4. The fourth-order valence-electron chi connectivity index (χ4n) is 2.09. The molecule has 19 heavy (non-hydrogen) atoms. The fraction of sp³-hybridized carbons (Fsp3) is 0.833. The third kappa shape index (κ3) is 3.81. The van der Waals surface area contributed by atoms with Gasteiger partial charge in [-0.15, -0.1) is 0 Å². The molecule has 1 heterocycles. The summed E-state index contributed by atoms with van der Waals surface area (Å²) in [5, 5.41) is 11.5. The van der Waals surface area contributed by atoms with E-state index < -0.39 is 5.60 Å². The lowest BCUT2D eigenvalue weighted by atomic mass is 10.0. The van der Waals surface area contributed by atoms with Gasteiger partial charge >= 0.3 is 0 Å². The van der Waals surface area contributed by atoms with Gasteiger partial charge in [0.25, 0.3) is 5.91 Å². The lowest BCUT2D eigenvalue weighted by Crippen LogP contribution is -2.56. The number of amidine groups is 1. The Morgan fingerprint density at radius 1 is 1.42 bits per heavy atom. The summed E-state index contributed by atoms with van der Waals surface area (Å²) in [6.45, 7) is 6.88. The van der Waals surface area contributed by atoms with Crippen LogP contribution in [0.15, 0.2) is 5.16 Å². The van der Waals surface area contributed by atoms with Crippen molar-refractivity contribution >= 4 is 11.7 Å². The molecule has 1 amide bonds. The average Bonchev–Trinajstić information content (AvgIpc) is 2.46. The molecule has 1 fully saturated rings. The molecular weight excluding hydrogens is 248 g/mol. The lowest BCUT2D eigenvalue weighted by Gasteiger charge is -2.38. The fourth-order valence-corrected chi connectivity index (χ4v) is 2.09. The summed E-state index contributed by atoms with van der Waals surface area (Å²) in [5.41, 5.74) is 4.73. The Bertz CT molecular complexity index is 334. The molecule has 0 aliphatic carbocycles. The molecule has 0 spiro atoms. The average molecular weight is 272 g/mol.